The summed E-state index contributed by atoms with van der Waals surface area (Å²) < 4.78 is 31.1. The fourth-order valence-electron chi connectivity index (χ4n) is 3.37. The van der Waals surface area contributed by atoms with E-state index in [4.69, 9.17) is 21.4 Å². The van der Waals surface area contributed by atoms with Crippen molar-refractivity contribution in [3.63, 3.8) is 0 Å². The van der Waals surface area contributed by atoms with Crippen molar-refractivity contribution in [1.29, 1.82) is 0 Å². The van der Waals surface area contributed by atoms with Crippen molar-refractivity contribution in [2.75, 3.05) is 19.7 Å². The summed E-state index contributed by atoms with van der Waals surface area (Å²) in [5, 5.41) is 22.7. The average Bonchev–Trinajstić information content (AvgIpc) is 2.81. The monoisotopic (exact) mass is 503 g/mol. The van der Waals surface area contributed by atoms with Crippen LogP contribution in [0.3, 0.4) is 0 Å². The van der Waals surface area contributed by atoms with Gasteiger partial charge in [-0.3, -0.25) is 0 Å². The van der Waals surface area contributed by atoms with Gasteiger partial charge in [-0.05, 0) is 79.0 Å². The van der Waals surface area contributed by atoms with Crippen LogP contribution in [0.25, 0.3) is 0 Å². The first-order valence-corrected chi connectivity index (χ1v) is 12.5. The van der Waals surface area contributed by atoms with E-state index in [0.29, 0.717) is 35.8 Å². The van der Waals surface area contributed by atoms with Gasteiger partial charge in [0.05, 0.1) is 15.9 Å². The number of carbonyl (C=O) groups is 1. The molecule has 7 nitrogen and oxygen atoms in total. The lowest BCUT2D eigenvalue weighted by Gasteiger charge is -2.13. The Morgan fingerprint density at radius 3 is 2.41 bits per heavy atom. The Hall–Kier alpha value is -2.91. The molecule has 1 atom stereocenters. The summed E-state index contributed by atoms with van der Waals surface area (Å²) >= 11 is 5.95. The third-order valence-electron chi connectivity index (χ3n) is 5.20. The molecule has 0 unspecified atom stereocenters. The molecule has 9 heteroatoms. The number of rotatable bonds is 11. The highest BCUT2D eigenvalue weighted by Crippen LogP contribution is 2.26. The van der Waals surface area contributed by atoms with Crippen molar-refractivity contribution in [2.45, 2.75) is 29.2 Å². The first kappa shape index (κ1) is 25.7. The summed E-state index contributed by atoms with van der Waals surface area (Å²) in [4.78, 5) is 10.9. The molecule has 34 heavy (non-hydrogen) atoms. The molecule has 3 rings (SSSR count). The molecule has 0 aromatic heterocycles. The van der Waals surface area contributed by atoms with E-state index in [0.717, 1.165) is 11.1 Å². The van der Waals surface area contributed by atoms with Crippen LogP contribution >= 0.6 is 11.6 Å². The van der Waals surface area contributed by atoms with E-state index in [2.05, 4.69) is 5.32 Å². The standard InChI is InChI=1S/C25H26ClNO6S/c1-17-13-22(9-10-24(17)33-16-25(29)30)34(31,32)21-7-5-18(6-8-21)11-12-27-15-23(28)19-3-2-4-20(26)14-19/h2-10,13-14,23,27-28H,11-12,15-16H2,1H3,(H,29,30)/t23-/m0/s1. The quantitative estimate of drug-likeness (QED) is 0.341. The number of ether oxygens (including phenoxy) is 1. The van der Waals surface area contributed by atoms with E-state index in [-0.39, 0.29) is 9.79 Å². The van der Waals surface area contributed by atoms with E-state index in [9.17, 15) is 18.3 Å². The van der Waals surface area contributed by atoms with Gasteiger partial charge in [0.25, 0.3) is 0 Å². The SMILES string of the molecule is Cc1cc(S(=O)(=O)c2ccc(CCNC[C@H](O)c3cccc(Cl)c3)cc2)ccc1OCC(=O)O. The molecule has 180 valence electrons. The smallest absolute Gasteiger partial charge is 0.341 e. The number of nitrogens with one attached hydrogen (secondary N) is 1. The zero-order valence-corrected chi connectivity index (χ0v) is 20.1. The molecule has 0 heterocycles. The highest BCUT2D eigenvalue weighted by atomic mass is 35.5. The Kier molecular flexibility index (Phi) is 8.68. The van der Waals surface area contributed by atoms with E-state index in [1.165, 1.54) is 18.2 Å². The number of carboxylic acid groups (broad SMARTS) is 1. The molecule has 0 spiro atoms. The van der Waals surface area contributed by atoms with Gasteiger partial charge in [0.15, 0.2) is 6.61 Å². The van der Waals surface area contributed by atoms with Gasteiger partial charge in [-0.25, -0.2) is 13.2 Å². The molecule has 0 saturated heterocycles. The summed E-state index contributed by atoms with van der Waals surface area (Å²) in [5.41, 5.74) is 2.23. The van der Waals surface area contributed by atoms with Gasteiger partial charge in [-0.1, -0.05) is 35.9 Å². The molecule has 0 amide bonds. The Morgan fingerprint density at radius 1 is 1.06 bits per heavy atom. The minimum atomic E-state index is -3.73. The Bertz CT molecular complexity index is 1240. The fraction of sp³-hybridized carbons (Fsp3) is 0.240. The molecule has 0 aliphatic carbocycles. The molecule has 3 N–H and O–H groups in total. The summed E-state index contributed by atoms with van der Waals surface area (Å²) in [6, 6.07) is 18.1. The maximum atomic E-state index is 13.0. The molecule has 0 fully saturated rings. The third-order valence-corrected chi connectivity index (χ3v) is 7.21. The lowest BCUT2D eigenvalue weighted by atomic mass is 10.1. The number of aryl methyl sites for hydroxylation is 1. The zero-order valence-electron chi connectivity index (χ0n) is 18.6. The minimum absolute atomic E-state index is 0.108. The van der Waals surface area contributed by atoms with Crippen molar-refractivity contribution in [3.8, 4) is 5.75 Å². The highest BCUT2D eigenvalue weighted by Gasteiger charge is 2.19. The van der Waals surface area contributed by atoms with Crippen molar-refractivity contribution >= 4 is 27.4 Å². The van der Waals surface area contributed by atoms with Crippen LogP contribution in [0.5, 0.6) is 5.75 Å². The number of aliphatic hydroxyl groups is 1. The molecular weight excluding hydrogens is 478 g/mol. The maximum Gasteiger partial charge on any atom is 0.341 e. The van der Waals surface area contributed by atoms with Crippen LogP contribution < -0.4 is 10.1 Å². The van der Waals surface area contributed by atoms with Gasteiger partial charge in [-0.2, -0.15) is 0 Å². The van der Waals surface area contributed by atoms with Gasteiger partial charge in [0.1, 0.15) is 5.75 Å². The van der Waals surface area contributed by atoms with Gasteiger partial charge < -0.3 is 20.3 Å². The normalized spacial score (nSPS) is 12.3. The second kappa shape index (κ2) is 11.5. The fourth-order valence-corrected chi connectivity index (χ4v) is 4.91. The predicted octanol–water partition coefficient (Wildman–Crippen LogP) is 3.81. The number of hydrogen-bond donors (Lipinski definition) is 3. The molecule has 0 radical (unpaired) electrons. The van der Waals surface area contributed by atoms with Crippen LogP contribution in [0, 0.1) is 6.92 Å². The first-order valence-electron chi connectivity index (χ1n) is 10.6. The van der Waals surface area contributed by atoms with Gasteiger partial charge >= 0.3 is 5.97 Å². The van der Waals surface area contributed by atoms with Crippen molar-refractivity contribution in [2.24, 2.45) is 0 Å². The Labute approximate surface area is 203 Å². The summed E-state index contributed by atoms with van der Waals surface area (Å²) in [6.07, 6.45) is -0.00675. The molecule has 0 saturated carbocycles. The van der Waals surface area contributed by atoms with Crippen molar-refractivity contribution in [3.05, 3.63) is 88.4 Å². The molecule has 0 aliphatic rings. The zero-order chi connectivity index (χ0) is 24.7. The minimum Gasteiger partial charge on any atom is -0.482 e. The molecule has 0 bridgehead atoms. The molecule has 0 aliphatic heterocycles. The molecule has 3 aromatic carbocycles. The number of aliphatic carboxylic acids is 1. The predicted molar refractivity (Wildman–Crippen MR) is 129 cm³/mol. The second-order valence-electron chi connectivity index (χ2n) is 7.78. The summed E-state index contributed by atoms with van der Waals surface area (Å²) in [7, 11) is -3.73. The van der Waals surface area contributed by atoms with Crippen molar-refractivity contribution in [1.82, 2.24) is 5.32 Å². The largest absolute Gasteiger partial charge is 0.482 e. The second-order valence-corrected chi connectivity index (χ2v) is 10.2. The van der Waals surface area contributed by atoms with Gasteiger partial charge in [0.2, 0.25) is 9.84 Å². The van der Waals surface area contributed by atoms with Crippen molar-refractivity contribution < 1.29 is 28.2 Å². The van der Waals surface area contributed by atoms with Crippen LogP contribution in [-0.2, 0) is 21.1 Å². The van der Waals surface area contributed by atoms with Crippen LogP contribution in [0.2, 0.25) is 5.02 Å². The highest BCUT2D eigenvalue weighted by molar-refractivity contribution is 7.91. The lowest BCUT2D eigenvalue weighted by molar-refractivity contribution is -0.139. The van der Waals surface area contributed by atoms with Gasteiger partial charge in [-0.15, -0.1) is 0 Å². The topological polar surface area (TPSA) is 113 Å². The van der Waals surface area contributed by atoms with E-state index in [1.54, 1.807) is 49.4 Å². The molecular formula is C25H26ClNO6S. The Balaban J connectivity index is 1.57. The van der Waals surface area contributed by atoms with E-state index in [1.807, 2.05) is 6.07 Å². The van der Waals surface area contributed by atoms with E-state index >= 15 is 0 Å². The number of benzene rings is 3. The summed E-state index contributed by atoms with van der Waals surface area (Å²) in [5.74, 6) is -0.784. The van der Waals surface area contributed by atoms with E-state index < -0.39 is 28.5 Å². The Morgan fingerprint density at radius 2 is 1.76 bits per heavy atom. The average molecular weight is 504 g/mol. The maximum absolute atomic E-state index is 13.0. The van der Waals surface area contributed by atoms with Crippen LogP contribution in [0.15, 0.2) is 76.5 Å². The van der Waals surface area contributed by atoms with Crippen LogP contribution in [-0.4, -0.2) is 44.3 Å². The number of halogens is 1. The van der Waals surface area contributed by atoms with Crippen LogP contribution in [0.1, 0.15) is 22.8 Å². The molecule has 3 aromatic rings. The first-order chi connectivity index (χ1) is 16.2. The number of hydrogen-bond acceptors (Lipinski definition) is 6. The number of carboxylic acids is 1. The third kappa shape index (κ3) is 6.80. The number of sulfone groups is 1. The summed E-state index contributed by atoms with van der Waals surface area (Å²) in [6.45, 7) is 2.15. The number of aliphatic hydroxyl groups excluding tert-OH is 1. The van der Waals surface area contributed by atoms with Crippen LogP contribution in [0.4, 0.5) is 0 Å². The lowest BCUT2D eigenvalue weighted by Crippen LogP contribution is -2.23. The van der Waals surface area contributed by atoms with Gasteiger partial charge in [0, 0.05) is 11.6 Å².